The van der Waals surface area contributed by atoms with Gasteiger partial charge in [-0.25, -0.2) is 0 Å². The molecule has 0 saturated carbocycles. The molecule has 178 valence electrons. The summed E-state index contributed by atoms with van der Waals surface area (Å²) in [4.78, 5) is 21.2. The topological polar surface area (TPSA) is 89.0 Å². The molecule has 34 heavy (non-hydrogen) atoms. The summed E-state index contributed by atoms with van der Waals surface area (Å²) in [5, 5.41) is 21.7. The van der Waals surface area contributed by atoms with Gasteiger partial charge in [-0.3, -0.25) is 9.88 Å². The van der Waals surface area contributed by atoms with Gasteiger partial charge in [0.25, 0.3) is 0 Å². The minimum atomic E-state index is -1.16. The summed E-state index contributed by atoms with van der Waals surface area (Å²) < 4.78 is 5.53. The van der Waals surface area contributed by atoms with Crippen LogP contribution in [0.3, 0.4) is 0 Å². The zero-order valence-corrected chi connectivity index (χ0v) is 22.6. The number of nitrogens with zero attached hydrogens (tertiary/aromatic N) is 3. The summed E-state index contributed by atoms with van der Waals surface area (Å²) in [6, 6.07) is 8.14. The molecule has 2 aliphatic heterocycles. The van der Waals surface area contributed by atoms with Gasteiger partial charge in [-0.1, -0.05) is 6.07 Å². The number of benzene rings is 1. The van der Waals surface area contributed by atoms with E-state index in [9.17, 15) is 15.0 Å². The Morgan fingerprint density at radius 2 is 1.88 bits per heavy atom. The van der Waals surface area contributed by atoms with Gasteiger partial charge in [-0.05, 0) is 68.9 Å². The van der Waals surface area contributed by atoms with Crippen molar-refractivity contribution in [2.45, 2.75) is 58.2 Å². The van der Waals surface area contributed by atoms with Gasteiger partial charge in [-0.15, -0.1) is 0 Å². The Kier molecular flexibility index (Phi) is 9.95. The first kappa shape index (κ1) is 27.1. The number of piperidine rings is 1. The third kappa shape index (κ3) is 6.39. The van der Waals surface area contributed by atoms with Crippen LogP contribution in [0.2, 0.25) is 0 Å². The van der Waals surface area contributed by atoms with Crippen LogP contribution in [0, 0.1) is 6.92 Å². The van der Waals surface area contributed by atoms with Crippen LogP contribution in [0.25, 0.3) is 11.1 Å². The molecule has 2 fully saturated rings. The fraction of sp³-hybridized carbons (Fsp3) is 0.538. The Bertz CT molecular complexity index is 955. The predicted octanol–water partition coefficient (Wildman–Crippen LogP) is -0.613. The summed E-state index contributed by atoms with van der Waals surface area (Å²) in [6.07, 6.45) is 5.11. The molecular formula is C26H34N3NaO4. The number of rotatable bonds is 7. The first-order valence-corrected chi connectivity index (χ1v) is 12.0. The number of likely N-dealkylation sites (tertiary alicyclic amines) is 1. The molecule has 0 unspecified atom stereocenters. The number of aliphatic hydroxyl groups is 1. The van der Waals surface area contributed by atoms with Crippen molar-refractivity contribution in [1.29, 1.82) is 0 Å². The normalized spacial score (nSPS) is 17.9. The van der Waals surface area contributed by atoms with E-state index in [2.05, 4.69) is 27.8 Å². The van der Waals surface area contributed by atoms with Crippen molar-refractivity contribution in [3.8, 4) is 11.1 Å². The van der Waals surface area contributed by atoms with Crippen LogP contribution in [0.5, 0.6) is 0 Å². The maximum Gasteiger partial charge on any atom is 1.00 e. The number of carboxylic acid groups (broad SMARTS) is 1. The molecular weight excluding hydrogens is 441 g/mol. The minimum absolute atomic E-state index is 0. The molecule has 2 aromatic rings. The van der Waals surface area contributed by atoms with E-state index < -0.39 is 5.97 Å². The second-order valence-electron chi connectivity index (χ2n) is 9.13. The van der Waals surface area contributed by atoms with Crippen molar-refractivity contribution in [3.63, 3.8) is 0 Å². The molecule has 1 aromatic heterocycles. The Morgan fingerprint density at radius 1 is 1.18 bits per heavy atom. The Labute approximate surface area is 224 Å². The van der Waals surface area contributed by atoms with Crippen molar-refractivity contribution in [1.82, 2.24) is 9.88 Å². The van der Waals surface area contributed by atoms with E-state index in [-0.39, 0.29) is 41.2 Å². The molecule has 7 nitrogen and oxygen atoms in total. The van der Waals surface area contributed by atoms with Crippen LogP contribution in [0.4, 0.5) is 5.69 Å². The van der Waals surface area contributed by atoms with Gasteiger partial charge >= 0.3 is 29.6 Å². The summed E-state index contributed by atoms with van der Waals surface area (Å²) in [6.45, 7) is 8.73. The summed E-state index contributed by atoms with van der Waals surface area (Å²) in [5.41, 5.74) is 4.60. The molecule has 1 aromatic carbocycles. The van der Waals surface area contributed by atoms with Gasteiger partial charge in [0, 0.05) is 68.4 Å². The number of aromatic nitrogens is 1. The van der Waals surface area contributed by atoms with Crippen molar-refractivity contribution in [3.05, 3.63) is 47.3 Å². The fourth-order valence-corrected chi connectivity index (χ4v) is 4.99. The maximum atomic E-state index is 12.0. The maximum absolute atomic E-state index is 12.0. The van der Waals surface area contributed by atoms with E-state index in [1.807, 2.05) is 25.3 Å². The fourth-order valence-electron chi connectivity index (χ4n) is 4.99. The molecule has 3 heterocycles. The van der Waals surface area contributed by atoms with Gasteiger partial charge in [0.15, 0.2) is 0 Å². The van der Waals surface area contributed by atoms with E-state index in [0.717, 1.165) is 93.1 Å². The molecule has 4 rings (SSSR count). The third-order valence-electron chi connectivity index (χ3n) is 6.98. The third-order valence-corrected chi connectivity index (χ3v) is 6.98. The van der Waals surface area contributed by atoms with Crippen LogP contribution >= 0.6 is 0 Å². The number of carboxylic acids is 1. The summed E-state index contributed by atoms with van der Waals surface area (Å²) in [5.74, 6) is -1.16. The first-order valence-electron chi connectivity index (χ1n) is 12.0. The molecule has 0 atom stereocenters. The number of aliphatic hydroxyl groups excluding tert-OH is 1. The molecule has 0 radical (unpaired) electrons. The summed E-state index contributed by atoms with van der Waals surface area (Å²) >= 11 is 0. The Balaban J connectivity index is 0.00000324. The first-order chi connectivity index (χ1) is 16.0. The van der Waals surface area contributed by atoms with Crippen molar-refractivity contribution in [2.75, 3.05) is 37.7 Å². The monoisotopic (exact) mass is 475 g/mol. The van der Waals surface area contributed by atoms with Gasteiger partial charge in [0.2, 0.25) is 0 Å². The SMILES string of the molecule is CCN(c1cc(-c2ccc(CN3CCC(O)CC3)nc2)cc(C(=O)[O-])c1C)C1CCOCC1.[Na+]. The number of hydrogen-bond donors (Lipinski definition) is 1. The number of aromatic carboxylic acids is 1. The number of pyridine rings is 1. The quantitative estimate of drug-likeness (QED) is 0.535. The smallest absolute Gasteiger partial charge is 0.545 e. The van der Waals surface area contributed by atoms with E-state index in [1.165, 1.54) is 0 Å². The molecule has 2 aliphatic rings. The van der Waals surface area contributed by atoms with Crippen LogP contribution in [-0.4, -0.2) is 66.0 Å². The van der Waals surface area contributed by atoms with E-state index >= 15 is 0 Å². The average Bonchev–Trinajstić information content (AvgIpc) is 2.83. The standard InChI is InChI=1S/C26H35N3O4.Na/c1-3-29(22-8-12-33-13-9-22)25-15-20(14-24(18(25)2)26(31)32)19-4-5-21(27-16-19)17-28-10-6-23(30)7-11-28;/h4-5,14-16,22-23,30H,3,6-13,17H2,1-2H3,(H,31,32);/q;+1/p-1. The molecule has 0 aliphatic carbocycles. The van der Waals surface area contributed by atoms with Crippen LogP contribution in [0.1, 0.15) is 54.2 Å². The van der Waals surface area contributed by atoms with Crippen molar-refractivity contribution >= 4 is 11.7 Å². The number of carbonyl (C=O) groups excluding carboxylic acids is 1. The predicted molar refractivity (Wildman–Crippen MR) is 126 cm³/mol. The average molecular weight is 476 g/mol. The van der Waals surface area contributed by atoms with Crippen molar-refractivity contribution in [2.24, 2.45) is 0 Å². The van der Waals surface area contributed by atoms with Gasteiger partial charge < -0.3 is 24.6 Å². The number of carbonyl (C=O) groups is 1. The summed E-state index contributed by atoms with van der Waals surface area (Å²) in [7, 11) is 0. The molecule has 0 amide bonds. The van der Waals surface area contributed by atoms with E-state index in [0.29, 0.717) is 6.04 Å². The largest absolute Gasteiger partial charge is 1.00 e. The molecule has 1 N–H and O–H groups in total. The zero-order chi connectivity index (χ0) is 23.4. The Morgan fingerprint density at radius 3 is 2.47 bits per heavy atom. The van der Waals surface area contributed by atoms with Gasteiger partial charge in [-0.2, -0.15) is 0 Å². The molecule has 0 spiro atoms. The van der Waals surface area contributed by atoms with E-state index in [1.54, 1.807) is 6.07 Å². The molecule has 0 bridgehead atoms. The Hall–Kier alpha value is -1.48. The number of ether oxygens (including phenoxy) is 1. The van der Waals surface area contributed by atoms with Crippen molar-refractivity contribution < 1.29 is 49.3 Å². The second-order valence-corrected chi connectivity index (χ2v) is 9.13. The number of hydrogen-bond acceptors (Lipinski definition) is 7. The minimum Gasteiger partial charge on any atom is -0.545 e. The van der Waals surface area contributed by atoms with Crippen LogP contribution < -0.4 is 39.6 Å². The van der Waals surface area contributed by atoms with Gasteiger partial charge in [0.05, 0.1) is 17.8 Å². The zero-order valence-electron chi connectivity index (χ0n) is 20.6. The van der Waals surface area contributed by atoms with E-state index in [4.69, 9.17) is 4.74 Å². The second kappa shape index (κ2) is 12.5. The number of anilines is 1. The van der Waals surface area contributed by atoms with Crippen LogP contribution in [-0.2, 0) is 11.3 Å². The molecule has 8 heteroatoms. The molecule has 2 saturated heterocycles. The van der Waals surface area contributed by atoms with Crippen LogP contribution in [0.15, 0.2) is 30.5 Å². The van der Waals surface area contributed by atoms with Gasteiger partial charge in [0.1, 0.15) is 0 Å².